The number of rotatable bonds is 1. The highest BCUT2D eigenvalue weighted by atomic mass is 16.1. The molecule has 0 atom stereocenters. The number of nitrogens with zero attached hydrogens (tertiary/aromatic N) is 1. The zero-order valence-electron chi connectivity index (χ0n) is 10.9. The Morgan fingerprint density at radius 2 is 1.72 bits per heavy atom. The van der Waals surface area contributed by atoms with Crippen LogP contribution in [0.1, 0.15) is 35.2 Å². The van der Waals surface area contributed by atoms with E-state index in [1.165, 1.54) is 17.5 Å². The van der Waals surface area contributed by atoms with Gasteiger partial charge in [0.05, 0.1) is 5.69 Å². The minimum atomic E-state index is 0.134. The first-order chi connectivity index (χ1) is 8.65. The second-order valence-electron chi connectivity index (χ2n) is 5.26. The molecular weight excluding hydrogens is 224 g/mol. The predicted octanol–water partition coefficient (Wildman–Crippen LogP) is 2.66. The maximum Gasteiger partial charge on any atom is 0.274 e. The van der Waals surface area contributed by atoms with Crippen LogP contribution >= 0.6 is 0 Å². The SMILES string of the molecule is Cc1cc(C)cc(-n2[nH]c3c(c2=O)CCCC3)c1. The fraction of sp³-hybridized carbons (Fsp3) is 0.400. The summed E-state index contributed by atoms with van der Waals surface area (Å²) in [5, 5.41) is 3.28. The van der Waals surface area contributed by atoms with Crippen LogP contribution in [0.25, 0.3) is 5.69 Å². The van der Waals surface area contributed by atoms with Crippen molar-refractivity contribution in [2.45, 2.75) is 39.5 Å². The monoisotopic (exact) mass is 242 g/mol. The summed E-state index contributed by atoms with van der Waals surface area (Å²) in [5.41, 5.74) is 5.57. The minimum absolute atomic E-state index is 0.134. The first-order valence-electron chi connectivity index (χ1n) is 6.56. The van der Waals surface area contributed by atoms with Crippen molar-refractivity contribution >= 4 is 0 Å². The number of aromatic nitrogens is 2. The predicted molar refractivity (Wildman–Crippen MR) is 72.5 cm³/mol. The molecule has 1 aromatic heterocycles. The molecule has 0 saturated heterocycles. The van der Waals surface area contributed by atoms with Crippen LogP contribution in [0.5, 0.6) is 0 Å². The normalized spacial score (nSPS) is 14.6. The minimum Gasteiger partial charge on any atom is -0.295 e. The molecule has 1 N–H and O–H groups in total. The maximum absolute atomic E-state index is 12.4. The molecule has 0 unspecified atom stereocenters. The number of hydrogen-bond acceptors (Lipinski definition) is 1. The van der Waals surface area contributed by atoms with Gasteiger partial charge >= 0.3 is 0 Å². The highest BCUT2D eigenvalue weighted by molar-refractivity contribution is 5.40. The third-order valence-electron chi connectivity index (χ3n) is 3.64. The largest absolute Gasteiger partial charge is 0.295 e. The van der Waals surface area contributed by atoms with Crippen molar-refractivity contribution < 1.29 is 0 Å². The molecule has 0 amide bonds. The van der Waals surface area contributed by atoms with Gasteiger partial charge < -0.3 is 0 Å². The first kappa shape index (κ1) is 11.3. The van der Waals surface area contributed by atoms with E-state index in [2.05, 4.69) is 37.1 Å². The molecule has 0 aliphatic heterocycles. The van der Waals surface area contributed by atoms with Crippen LogP contribution in [0.2, 0.25) is 0 Å². The first-order valence-corrected chi connectivity index (χ1v) is 6.56. The van der Waals surface area contributed by atoms with Gasteiger partial charge in [-0.25, -0.2) is 4.68 Å². The molecule has 0 spiro atoms. The van der Waals surface area contributed by atoms with Gasteiger partial charge in [0.1, 0.15) is 0 Å². The Labute approximate surface area is 106 Å². The van der Waals surface area contributed by atoms with Crippen LogP contribution in [0, 0.1) is 13.8 Å². The number of nitrogens with one attached hydrogen (secondary N) is 1. The third kappa shape index (κ3) is 1.80. The van der Waals surface area contributed by atoms with E-state index in [1.54, 1.807) is 4.68 Å². The number of benzene rings is 1. The van der Waals surface area contributed by atoms with Crippen molar-refractivity contribution in [2.75, 3.05) is 0 Å². The van der Waals surface area contributed by atoms with Crippen LogP contribution in [0.3, 0.4) is 0 Å². The molecule has 1 aliphatic rings. The summed E-state index contributed by atoms with van der Waals surface area (Å²) in [6.45, 7) is 4.12. The van der Waals surface area contributed by atoms with E-state index in [0.29, 0.717) is 0 Å². The lowest BCUT2D eigenvalue weighted by molar-refractivity contribution is 0.671. The summed E-state index contributed by atoms with van der Waals surface area (Å²) in [7, 11) is 0. The van der Waals surface area contributed by atoms with E-state index in [-0.39, 0.29) is 5.56 Å². The van der Waals surface area contributed by atoms with Gasteiger partial charge in [-0.2, -0.15) is 0 Å². The quantitative estimate of drug-likeness (QED) is 0.820. The number of aromatic amines is 1. The van der Waals surface area contributed by atoms with Gasteiger partial charge in [-0.1, -0.05) is 6.07 Å². The second-order valence-corrected chi connectivity index (χ2v) is 5.26. The number of H-pyrrole nitrogens is 1. The van der Waals surface area contributed by atoms with Gasteiger partial charge in [-0.05, 0) is 62.8 Å². The summed E-state index contributed by atoms with van der Waals surface area (Å²) in [6.07, 6.45) is 4.23. The van der Waals surface area contributed by atoms with Crippen LogP contribution in [0.15, 0.2) is 23.0 Å². The van der Waals surface area contributed by atoms with Crippen LogP contribution in [-0.2, 0) is 12.8 Å². The molecule has 1 aliphatic carbocycles. The topological polar surface area (TPSA) is 37.8 Å². The Kier molecular flexibility index (Phi) is 2.62. The molecule has 1 aromatic carbocycles. The molecule has 18 heavy (non-hydrogen) atoms. The van der Waals surface area contributed by atoms with Gasteiger partial charge in [-0.15, -0.1) is 0 Å². The molecule has 0 fully saturated rings. The third-order valence-corrected chi connectivity index (χ3v) is 3.64. The lowest BCUT2D eigenvalue weighted by Gasteiger charge is -2.07. The molecular formula is C15H18N2O. The average molecular weight is 242 g/mol. The summed E-state index contributed by atoms with van der Waals surface area (Å²) in [6, 6.07) is 6.23. The van der Waals surface area contributed by atoms with Crippen LogP contribution < -0.4 is 5.56 Å². The van der Waals surface area contributed by atoms with Crippen LogP contribution in [0.4, 0.5) is 0 Å². The smallest absolute Gasteiger partial charge is 0.274 e. The van der Waals surface area contributed by atoms with Crippen molar-refractivity contribution in [3.05, 3.63) is 50.9 Å². The summed E-state index contributed by atoms with van der Waals surface area (Å²) < 4.78 is 1.70. The lowest BCUT2D eigenvalue weighted by atomic mass is 9.98. The van der Waals surface area contributed by atoms with Gasteiger partial charge in [-0.3, -0.25) is 9.89 Å². The maximum atomic E-state index is 12.4. The number of fused-ring (bicyclic) bond motifs is 1. The van der Waals surface area contributed by atoms with Gasteiger partial charge in [0.25, 0.3) is 5.56 Å². The summed E-state index contributed by atoms with van der Waals surface area (Å²) in [4.78, 5) is 12.4. The van der Waals surface area contributed by atoms with E-state index in [4.69, 9.17) is 0 Å². The van der Waals surface area contributed by atoms with E-state index in [9.17, 15) is 4.79 Å². The second kappa shape index (κ2) is 4.16. The van der Waals surface area contributed by atoms with E-state index >= 15 is 0 Å². The Morgan fingerprint density at radius 3 is 2.39 bits per heavy atom. The van der Waals surface area contributed by atoms with Crippen molar-refractivity contribution in [1.82, 2.24) is 9.78 Å². The van der Waals surface area contributed by atoms with Crippen molar-refractivity contribution in [3.63, 3.8) is 0 Å². The van der Waals surface area contributed by atoms with Crippen LogP contribution in [-0.4, -0.2) is 9.78 Å². The Morgan fingerprint density at radius 1 is 1.06 bits per heavy atom. The van der Waals surface area contributed by atoms with Crippen molar-refractivity contribution in [3.8, 4) is 5.69 Å². The molecule has 1 heterocycles. The standard InChI is InChI=1S/C15H18N2O/c1-10-7-11(2)9-12(8-10)17-15(18)13-5-3-4-6-14(13)16-17/h7-9,16H,3-6H2,1-2H3. The molecule has 3 heteroatoms. The average Bonchev–Trinajstić information content (AvgIpc) is 2.66. The number of hydrogen-bond donors (Lipinski definition) is 1. The summed E-state index contributed by atoms with van der Waals surface area (Å²) >= 11 is 0. The molecule has 94 valence electrons. The molecule has 0 bridgehead atoms. The van der Waals surface area contributed by atoms with E-state index < -0.39 is 0 Å². The van der Waals surface area contributed by atoms with E-state index in [0.717, 1.165) is 36.2 Å². The van der Waals surface area contributed by atoms with Gasteiger partial charge in [0.2, 0.25) is 0 Å². The van der Waals surface area contributed by atoms with Gasteiger partial charge in [0, 0.05) is 11.3 Å². The zero-order chi connectivity index (χ0) is 12.7. The van der Waals surface area contributed by atoms with Crippen molar-refractivity contribution in [1.29, 1.82) is 0 Å². The van der Waals surface area contributed by atoms with E-state index in [1.807, 2.05) is 0 Å². The molecule has 3 rings (SSSR count). The highest BCUT2D eigenvalue weighted by Crippen LogP contribution is 2.18. The fourth-order valence-electron chi connectivity index (χ4n) is 2.85. The summed E-state index contributed by atoms with van der Waals surface area (Å²) in [5.74, 6) is 0. The Balaban J connectivity index is 2.17. The molecule has 2 aromatic rings. The Hall–Kier alpha value is -1.77. The lowest BCUT2D eigenvalue weighted by Crippen LogP contribution is -2.18. The number of aryl methyl sites for hydroxylation is 3. The molecule has 0 radical (unpaired) electrons. The van der Waals surface area contributed by atoms with Crippen molar-refractivity contribution in [2.24, 2.45) is 0 Å². The van der Waals surface area contributed by atoms with Gasteiger partial charge in [0.15, 0.2) is 0 Å². The molecule has 0 saturated carbocycles. The fourth-order valence-corrected chi connectivity index (χ4v) is 2.85. The zero-order valence-corrected chi connectivity index (χ0v) is 10.9. The Bertz CT molecular complexity index is 629. The molecule has 3 nitrogen and oxygen atoms in total. The highest BCUT2D eigenvalue weighted by Gasteiger charge is 2.18.